The Hall–Kier alpha value is -1.69. The van der Waals surface area contributed by atoms with E-state index in [1.165, 1.54) is 22.1 Å². The molecule has 0 aliphatic carbocycles. The summed E-state index contributed by atoms with van der Waals surface area (Å²) in [6.07, 6.45) is 1.60. The normalized spacial score (nSPS) is 10.5. The van der Waals surface area contributed by atoms with Crippen LogP contribution in [0, 0.1) is 13.8 Å². The average molecular weight is 223 g/mol. The van der Waals surface area contributed by atoms with Crippen molar-refractivity contribution in [3.05, 3.63) is 28.5 Å². The minimum atomic E-state index is -1.03. The Morgan fingerprint density at radius 3 is 2.73 bits per heavy atom. The van der Waals surface area contributed by atoms with Gasteiger partial charge in [0.15, 0.2) is 5.69 Å². The van der Waals surface area contributed by atoms with Gasteiger partial charge in [-0.05, 0) is 19.9 Å². The zero-order chi connectivity index (χ0) is 11.0. The van der Waals surface area contributed by atoms with Gasteiger partial charge in [0.2, 0.25) is 5.13 Å². The lowest BCUT2D eigenvalue weighted by molar-refractivity contribution is 0.0690. The summed E-state index contributed by atoms with van der Waals surface area (Å²) in [6, 6.07) is 1.45. The Balaban J connectivity index is 2.41. The van der Waals surface area contributed by atoms with Crippen LogP contribution in [-0.4, -0.2) is 25.8 Å². The van der Waals surface area contributed by atoms with E-state index in [4.69, 9.17) is 5.11 Å². The number of hydrogen-bond donors (Lipinski definition) is 1. The van der Waals surface area contributed by atoms with Gasteiger partial charge in [-0.1, -0.05) is 11.3 Å². The molecule has 2 aromatic rings. The summed E-state index contributed by atoms with van der Waals surface area (Å²) >= 11 is 1.49. The highest BCUT2D eigenvalue weighted by Gasteiger charge is 2.10. The third kappa shape index (κ3) is 1.75. The average Bonchev–Trinajstić information content (AvgIpc) is 2.74. The van der Waals surface area contributed by atoms with Crippen LogP contribution in [0.25, 0.3) is 5.13 Å². The number of carboxylic acid groups (broad SMARTS) is 1. The van der Waals surface area contributed by atoms with Crippen LogP contribution in [0.2, 0.25) is 0 Å². The topological polar surface area (TPSA) is 68.0 Å². The van der Waals surface area contributed by atoms with E-state index in [2.05, 4.69) is 10.1 Å². The SMILES string of the molecule is Cc1nc(-n2ccc(C(=O)O)n2)sc1C. The van der Waals surface area contributed by atoms with Crippen molar-refractivity contribution >= 4 is 17.3 Å². The number of carboxylic acids is 1. The van der Waals surface area contributed by atoms with Gasteiger partial charge >= 0.3 is 5.97 Å². The lowest BCUT2D eigenvalue weighted by atomic mass is 10.4. The molecule has 0 aliphatic rings. The maximum Gasteiger partial charge on any atom is 0.356 e. The quantitative estimate of drug-likeness (QED) is 0.840. The zero-order valence-electron chi connectivity index (χ0n) is 8.26. The number of aromatic nitrogens is 3. The second-order valence-corrected chi connectivity index (χ2v) is 4.27. The molecule has 0 aromatic carbocycles. The Morgan fingerprint density at radius 1 is 1.53 bits per heavy atom. The molecule has 1 N–H and O–H groups in total. The van der Waals surface area contributed by atoms with Crippen LogP contribution in [0.3, 0.4) is 0 Å². The number of carbonyl (C=O) groups is 1. The van der Waals surface area contributed by atoms with Crippen molar-refractivity contribution in [1.82, 2.24) is 14.8 Å². The van der Waals surface area contributed by atoms with E-state index in [1.54, 1.807) is 6.20 Å². The molecule has 2 aromatic heterocycles. The smallest absolute Gasteiger partial charge is 0.356 e. The van der Waals surface area contributed by atoms with Gasteiger partial charge in [-0.25, -0.2) is 14.5 Å². The first-order chi connectivity index (χ1) is 7.08. The second kappa shape index (κ2) is 3.47. The molecule has 0 saturated heterocycles. The zero-order valence-corrected chi connectivity index (χ0v) is 9.08. The third-order valence-electron chi connectivity index (χ3n) is 2.02. The lowest BCUT2D eigenvalue weighted by Gasteiger charge is -1.92. The largest absolute Gasteiger partial charge is 0.476 e. The number of aryl methyl sites for hydroxylation is 2. The Bertz CT molecular complexity index is 496. The van der Waals surface area contributed by atoms with E-state index in [9.17, 15) is 4.79 Å². The molecular weight excluding hydrogens is 214 g/mol. The molecule has 78 valence electrons. The Labute approximate surface area is 90.0 Å². The first-order valence-corrected chi connectivity index (χ1v) is 5.13. The molecule has 0 bridgehead atoms. The summed E-state index contributed by atoms with van der Waals surface area (Å²) in [5.74, 6) is -1.03. The van der Waals surface area contributed by atoms with E-state index in [0.29, 0.717) is 5.13 Å². The van der Waals surface area contributed by atoms with Gasteiger partial charge in [-0.2, -0.15) is 5.10 Å². The first kappa shape index (κ1) is 9.85. The summed E-state index contributed by atoms with van der Waals surface area (Å²) in [7, 11) is 0. The number of rotatable bonds is 2. The maximum absolute atomic E-state index is 10.6. The van der Waals surface area contributed by atoms with Gasteiger partial charge in [-0.3, -0.25) is 0 Å². The van der Waals surface area contributed by atoms with E-state index in [-0.39, 0.29) is 5.69 Å². The molecule has 0 spiro atoms. The Morgan fingerprint density at radius 2 is 2.27 bits per heavy atom. The molecule has 0 aliphatic heterocycles. The summed E-state index contributed by atoms with van der Waals surface area (Å²) in [6.45, 7) is 3.88. The van der Waals surface area contributed by atoms with E-state index >= 15 is 0 Å². The van der Waals surface area contributed by atoms with Crippen LogP contribution in [0.1, 0.15) is 21.1 Å². The van der Waals surface area contributed by atoms with Gasteiger partial charge in [0.25, 0.3) is 0 Å². The van der Waals surface area contributed by atoms with Gasteiger partial charge < -0.3 is 5.11 Å². The van der Waals surface area contributed by atoms with Crippen LogP contribution >= 0.6 is 11.3 Å². The summed E-state index contributed by atoms with van der Waals surface area (Å²) in [5, 5.41) is 13.3. The predicted molar refractivity (Wildman–Crippen MR) is 55.7 cm³/mol. The summed E-state index contributed by atoms with van der Waals surface area (Å²) in [5.41, 5.74) is 0.975. The fourth-order valence-electron chi connectivity index (χ4n) is 1.10. The Kier molecular flexibility index (Phi) is 2.28. The highest BCUT2D eigenvalue weighted by Crippen LogP contribution is 2.19. The molecule has 0 atom stereocenters. The van der Waals surface area contributed by atoms with Gasteiger partial charge in [-0.15, -0.1) is 0 Å². The highest BCUT2D eigenvalue weighted by molar-refractivity contribution is 7.14. The van der Waals surface area contributed by atoms with E-state index in [0.717, 1.165) is 10.6 Å². The first-order valence-electron chi connectivity index (χ1n) is 4.31. The minimum absolute atomic E-state index is 0.0282. The van der Waals surface area contributed by atoms with Crippen molar-refractivity contribution in [1.29, 1.82) is 0 Å². The van der Waals surface area contributed by atoms with Crippen LogP contribution in [0.4, 0.5) is 0 Å². The predicted octanol–water partition coefficient (Wildman–Crippen LogP) is 1.64. The molecule has 0 radical (unpaired) electrons. The van der Waals surface area contributed by atoms with Gasteiger partial charge in [0.1, 0.15) is 0 Å². The van der Waals surface area contributed by atoms with Crippen molar-refractivity contribution < 1.29 is 9.90 Å². The second-order valence-electron chi connectivity index (χ2n) is 3.09. The van der Waals surface area contributed by atoms with Gasteiger partial charge in [0, 0.05) is 11.1 Å². The molecule has 0 amide bonds. The minimum Gasteiger partial charge on any atom is -0.476 e. The lowest BCUT2D eigenvalue weighted by Crippen LogP contribution is -2.00. The van der Waals surface area contributed by atoms with Crippen molar-refractivity contribution in [2.75, 3.05) is 0 Å². The van der Waals surface area contributed by atoms with Crippen LogP contribution < -0.4 is 0 Å². The molecule has 2 rings (SSSR count). The van der Waals surface area contributed by atoms with Crippen LogP contribution in [0.15, 0.2) is 12.3 Å². The summed E-state index contributed by atoms with van der Waals surface area (Å²) < 4.78 is 1.48. The summed E-state index contributed by atoms with van der Waals surface area (Å²) in [4.78, 5) is 16.0. The van der Waals surface area contributed by atoms with Crippen LogP contribution in [0.5, 0.6) is 0 Å². The number of thiazole rings is 1. The number of nitrogens with zero attached hydrogens (tertiary/aromatic N) is 3. The number of aromatic carboxylic acids is 1. The molecule has 0 unspecified atom stereocenters. The molecule has 5 nitrogen and oxygen atoms in total. The third-order valence-corrected chi connectivity index (χ3v) is 3.08. The molecule has 0 fully saturated rings. The fraction of sp³-hybridized carbons (Fsp3) is 0.222. The number of hydrogen-bond acceptors (Lipinski definition) is 4. The molecule has 15 heavy (non-hydrogen) atoms. The highest BCUT2D eigenvalue weighted by atomic mass is 32.1. The molecule has 0 saturated carbocycles. The van der Waals surface area contributed by atoms with Crippen LogP contribution in [-0.2, 0) is 0 Å². The van der Waals surface area contributed by atoms with Gasteiger partial charge in [0.05, 0.1) is 5.69 Å². The van der Waals surface area contributed by atoms with Crippen molar-refractivity contribution in [3.8, 4) is 5.13 Å². The molecule has 6 heteroatoms. The van der Waals surface area contributed by atoms with Crippen molar-refractivity contribution in [2.45, 2.75) is 13.8 Å². The van der Waals surface area contributed by atoms with Crippen molar-refractivity contribution in [3.63, 3.8) is 0 Å². The maximum atomic E-state index is 10.6. The van der Waals surface area contributed by atoms with Crippen molar-refractivity contribution in [2.24, 2.45) is 0 Å². The standard InChI is InChI=1S/C9H9N3O2S/c1-5-6(2)15-9(10-5)12-4-3-7(11-12)8(13)14/h3-4H,1-2H3,(H,13,14). The molecule has 2 heterocycles. The monoisotopic (exact) mass is 223 g/mol. The molecular formula is C9H9N3O2S. The van der Waals surface area contributed by atoms with E-state index in [1.807, 2.05) is 13.8 Å². The fourth-order valence-corrected chi connectivity index (χ4v) is 1.94. The van der Waals surface area contributed by atoms with E-state index < -0.39 is 5.97 Å².